The van der Waals surface area contributed by atoms with E-state index in [-0.39, 0.29) is 17.4 Å². The minimum absolute atomic E-state index is 0.0841. The lowest BCUT2D eigenvalue weighted by atomic mass is 9.94. The van der Waals surface area contributed by atoms with Crippen LogP contribution in [0.2, 0.25) is 0 Å². The van der Waals surface area contributed by atoms with Crippen molar-refractivity contribution in [1.29, 1.82) is 0 Å². The molecule has 0 heterocycles. The predicted octanol–water partition coefficient (Wildman–Crippen LogP) is 4.30. The number of allylic oxidation sites excluding steroid dienone is 1. The van der Waals surface area contributed by atoms with Gasteiger partial charge in [0.1, 0.15) is 0 Å². The van der Waals surface area contributed by atoms with Crippen molar-refractivity contribution < 1.29 is 10.2 Å². The highest BCUT2D eigenvalue weighted by atomic mass is 79.9. The van der Waals surface area contributed by atoms with Gasteiger partial charge in [-0.3, -0.25) is 0 Å². The van der Waals surface area contributed by atoms with Crippen LogP contribution in [0.15, 0.2) is 41.4 Å². The SMILES string of the molecule is C=CC(C)c1c(Br)c(O)c(O)c2ccccc12. The molecule has 0 aliphatic rings. The van der Waals surface area contributed by atoms with E-state index in [1.807, 2.05) is 31.2 Å². The van der Waals surface area contributed by atoms with E-state index >= 15 is 0 Å². The molecule has 2 aromatic carbocycles. The fourth-order valence-corrected chi connectivity index (χ4v) is 2.73. The highest BCUT2D eigenvalue weighted by Crippen LogP contribution is 2.45. The van der Waals surface area contributed by atoms with E-state index in [1.54, 1.807) is 6.07 Å². The van der Waals surface area contributed by atoms with E-state index < -0.39 is 0 Å². The summed E-state index contributed by atoms with van der Waals surface area (Å²) in [4.78, 5) is 0. The van der Waals surface area contributed by atoms with E-state index in [4.69, 9.17) is 0 Å². The topological polar surface area (TPSA) is 40.5 Å². The summed E-state index contributed by atoms with van der Waals surface area (Å²) in [5.74, 6) is -0.124. The maximum atomic E-state index is 9.91. The van der Waals surface area contributed by atoms with Gasteiger partial charge in [0.05, 0.1) is 4.47 Å². The van der Waals surface area contributed by atoms with Crippen LogP contribution in [0.4, 0.5) is 0 Å². The van der Waals surface area contributed by atoms with Crippen LogP contribution in [0.25, 0.3) is 10.8 Å². The first-order valence-electron chi connectivity index (χ1n) is 5.32. The van der Waals surface area contributed by atoms with Crippen molar-refractivity contribution in [3.8, 4) is 11.5 Å². The zero-order valence-electron chi connectivity index (χ0n) is 9.44. The van der Waals surface area contributed by atoms with E-state index in [2.05, 4.69) is 22.5 Å². The summed E-state index contributed by atoms with van der Waals surface area (Å²) in [5.41, 5.74) is 0.936. The van der Waals surface area contributed by atoms with Gasteiger partial charge in [-0.2, -0.15) is 0 Å². The van der Waals surface area contributed by atoms with Crippen LogP contribution < -0.4 is 0 Å². The molecule has 0 aromatic heterocycles. The van der Waals surface area contributed by atoms with E-state index in [0.29, 0.717) is 9.86 Å². The molecule has 1 unspecified atom stereocenters. The molecule has 0 saturated heterocycles. The molecular weight excluding hydrogens is 280 g/mol. The first-order chi connectivity index (χ1) is 8.07. The minimum atomic E-state index is -0.118. The smallest absolute Gasteiger partial charge is 0.172 e. The second-order valence-electron chi connectivity index (χ2n) is 3.99. The van der Waals surface area contributed by atoms with Crippen molar-refractivity contribution in [3.63, 3.8) is 0 Å². The summed E-state index contributed by atoms with van der Waals surface area (Å²) in [6.07, 6.45) is 1.81. The number of phenolic OH excluding ortho intramolecular Hbond substituents is 2. The second kappa shape index (κ2) is 4.41. The van der Waals surface area contributed by atoms with Gasteiger partial charge in [-0.05, 0) is 26.9 Å². The van der Waals surface area contributed by atoms with Crippen LogP contribution in [0.1, 0.15) is 18.4 Å². The van der Waals surface area contributed by atoms with E-state index in [1.165, 1.54) is 0 Å². The van der Waals surface area contributed by atoms with Crippen LogP contribution in [0, 0.1) is 0 Å². The number of aromatic hydroxyl groups is 2. The Morgan fingerprint density at radius 3 is 2.35 bits per heavy atom. The van der Waals surface area contributed by atoms with Crippen molar-refractivity contribution >= 4 is 26.7 Å². The first kappa shape index (κ1) is 12.0. The Labute approximate surface area is 108 Å². The molecule has 2 aromatic rings. The first-order valence-corrected chi connectivity index (χ1v) is 6.11. The Morgan fingerprint density at radius 2 is 1.76 bits per heavy atom. The largest absolute Gasteiger partial charge is 0.504 e. The van der Waals surface area contributed by atoms with Crippen molar-refractivity contribution in [3.05, 3.63) is 47.0 Å². The average molecular weight is 293 g/mol. The standard InChI is InChI=1S/C14H13BrO2/c1-3-8(2)11-9-6-4-5-7-10(9)13(16)14(17)12(11)15/h3-8,16-17H,1H2,2H3. The molecule has 0 spiro atoms. The van der Waals surface area contributed by atoms with Crippen LogP contribution in [-0.2, 0) is 0 Å². The Balaban J connectivity index is 2.95. The molecule has 0 radical (unpaired) electrons. The second-order valence-corrected chi connectivity index (χ2v) is 4.79. The molecule has 0 aliphatic heterocycles. The Morgan fingerprint density at radius 1 is 1.18 bits per heavy atom. The van der Waals surface area contributed by atoms with Gasteiger partial charge >= 0.3 is 0 Å². The van der Waals surface area contributed by atoms with Gasteiger partial charge in [0.25, 0.3) is 0 Å². The zero-order chi connectivity index (χ0) is 12.6. The third-order valence-electron chi connectivity index (χ3n) is 2.95. The number of hydrogen-bond donors (Lipinski definition) is 2. The Hall–Kier alpha value is -1.48. The monoisotopic (exact) mass is 292 g/mol. The van der Waals surface area contributed by atoms with E-state index in [0.717, 1.165) is 10.9 Å². The third-order valence-corrected chi connectivity index (χ3v) is 3.75. The highest BCUT2D eigenvalue weighted by molar-refractivity contribution is 9.10. The van der Waals surface area contributed by atoms with Crippen LogP contribution >= 0.6 is 15.9 Å². The van der Waals surface area contributed by atoms with Gasteiger partial charge in [0.15, 0.2) is 11.5 Å². The number of hydrogen-bond acceptors (Lipinski definition) is 2. The van der Waals surface area contributed by atoms with Gasteiger partial charge < -0.3 is 10.2 Å². The van der Waals surface area contributed by atoms with Crippen molar-refractivity contribution in [2.75, 3.05) is 0 Å². The maximum Gasteiger partial charge on any atom is 0.172 e. The maximum absolute atomic E-state index is 9.91. The van der Waals surface area contributed by atoms with Crippen LogP contribution in [0.5, 0.6) is 11.5 Å². The fraction of sp³-hybridized carbons (Fsp3) is 0.143. The number of halogens is 1. The highest BCUT2D eigenvalue weighted by Gasteiger charge is 2.18. The zero-order valence-corrected chi connectivity index (χ0v) is 11.0. The lowest BCUT2D eigenvalue weighted by Gasteiger charge is -2.16. The van der Waals surface area contributed by atoms with Gasteiger partial charge in [-0.15, -0.1) is 6.58 Å². The summed E-state index contributed by atoms with van der Waals surface area (Å²) in [6, 6.07) is 7.45. The Kier molecular flexibility index (Phi) is 3.11. The molecule has 2 nitrogen and oxygen atoms in total. The summed E-state index contributed by atoms with van der Waals surface area (Å²) < 4.78 is 0.529. The molecule has 88 valence electrons. The summed E-state index contributed by atoms with van der Waals surface area (Å²) in [7, 11) is 0. The number of phenols is 2. The quantitative estimate of drug-likeness (QED) is 0.640. The lowest BCUT2D eigenvalue weighted by molar-refractivity contribution is 0.405. The molecule has 2 N–H and O–H groups in total. The summed E-state index contributed by atoms with van der Waals surface area (Å²) >= 11 is 3.34. The van der Waals surface area contributed by atoms with Gasteiger partial charge in [0, 0.05) is 11.3 Å². The molecule has 1 atom stereocenters. The van der Waals surface area contributed by atoms with Crippen molar-refractivity contribution in [1.82, 2.24) is 0 Å². The van der Waals surface area contributed by atoms with Crippen LogP contribution in [-0.4, -0.2) is 10.2 Å². The predicted molar refractivity (Wildman–Crippen MR) is 73.6 cm³/mol. The lowest BCUT2D eigenvalue weighted by Crippen LogP contribution is -1.94. The minimum Gasteiger partial charge on any atom is -0.504 e. The molecule has 0 fully saturated rings. The molecule has 3 heteroatoms. The molecule has 0 aliphatic carbocycles. The molecule has 2 rings (SSSR count). The number of benzene rings is 2. The molecule has 0 amide bonds. The molecular formula is C14H13BrO2. The molecule has 17 heavy (non-hydrogen) atoms. The molecule has 0 saturated carbocycles. The fourth-order valence-electron chi connectivity index (χ4n) is 1.96. The van der Waals surface area contributed by atoms with E-state index in [9.17, 15) is 10.2 Å². The van der Waals surface area contributed by atoms with Gasteiger partial charge in [-0.25, -0.2) is 0 Å². The summed E-state index contributed by atoms with van der Waals surface area (Å²) in [5, 5.41) is 21.4. The van der Waals surface area contributed by atoms with Gasteiger partial charge in [-0.1, -0.05) is 37.3 Å². The van der Waals surface area contributed by atoms with Crippen molar-refractivity contribution in [2.24, 2.45) is 0 Å². The summed E-state index contributed by atoms with van der Waals surface area (Å²) in [6.45, 7) is 5.77. The van der Waals surface area contributed by atoms with Crippen LogP contribution in [0.3, 0.4) is 0 Å². The number of fused-ring (bicyclic) bond motifs is 1. The normalized spacial score (nSPS) is 12.6. The molecule has 0 bridgehead atoms. The number of rotatable bonds is 2. The Bertz CT molecular complexity index is 590. The third kappa shape index (κ3) is 1.80. The van der Waals surface area contributed by atoms with Gasteiger partial charge in [0.2, 0.25) is 0 Å². The average Bonchev–Trinajstić information content (AvgIpc) is 2.36. The van der Waals surface area contributed by atoms with Crippen molar-refractivity contribution in [2.45, 2.75) is 12.8 Å².